The van der Waals surface area contributed by atoms with Crippen molar-refractivity contribution < 1.29 is 17.9 Å². The van der Waals surface area contributed by atoms with Gasteiger partial charge in [0, 0.05) is 18.0 Å². The number of nitrogens with zero attached hydrogens (tertiary/aromatic N) is 1. The summed E-state index contributed by atoms with van der Waals surface area (Å²) in [7, 11) is -0.851. The van der Waals surface area contributed by atoms with Crippen LogP contribution >= 0.6 is 0 Å². The van der Waals surface area contributed by atoms with Gasteiger partial charge in [-0.05, 0) is 24.3 Å². The molecule has 2 aromatic rings. The van der Waals surface area contributed by atoms with Crippen LogP contribution in [0, 0.1) is 11.3 Å². The normalized spacial score (nSPS) is 11.5. The van der Waals surface area contributed by atoms with E-state index in [1.54, 1.807) is 42.5 Å². The molecule has 0 aliphatic heterocycles. The lowest BCUT2D eigenvalue weighted by Crippen LogP contribution is -2.05. The molecule has 0 amide bonds. The molecule has 0 fully saturated rings. The van der Waals surface area contributed by atoms with Crippen LogP contribution in [0.1, 0.15) is 0 Å². The van der Waals surface area contributed by atoms with Crippen molar-refractivity contribution in [3.63, 3.8) is 0 Å². The van der Waals surface area contributed by atoms with Gasteiger partial charge in [0.25, 0.3) is 0 Å². The zero-order valence-corrected chi connectivity index (χ0v) is 14.0. The Morgan fingerprint density at radius 1 is 1.08 bits per heavy atom. The van der Waals surface area contributed by atoms with Crippen LogP contribution in [0.25, 0.3) is 0 Å². The van der Waals surface area contributed by atoms with E-state index in [1.165, 1.54) is 26.4 Å². The van der Waals surface area contributed by atoms with Gasteiger partial charge in [0.1, 0.15) is 6.07 Å². The first-order chi connectivity index (χ1) is 11.5. The van der Waals surface area contributed by atoms with Crippen LogP contribution in [0.5, 0.6) is 11.5 Å². The number of ether oxygens (including phenoxy) is 2. The van der Waals surface area contributed by atoms with E-state index in [1.807, 2.05) is 0 Å². The van der Waals surface area contributed by atoms with Crippen molar-refractivity contribution >= 4 is 15.5 Å². The summed E-state index contributed by atoms with van der Waals surface area (Å²) in [4.78, 5) is -0.324. The molecule has 0 aromatic heterocycles. The van der Waals surface area contributed by atoms with Gasteiger partial charge in [-0.1, -0.05) is 18.2 Å². The average molecular weight is 344 g/mol. The van der Waals surface area contributed by atoms with Gasteiger partial charge in [0.05, 0.1) is 19.1 Å². The molecule has 24 heavy (non-hydrogen) atoms. The number of methoxy groups -OCH3 is 2. The quantitative estimate of drug-likeness (QED) is 0.811. The summed E-state index contributed by atoms with van der Waals surface area (Å²) in [6.45, 7) is 0. The van der Waals surface area contributed by atoms with Crippen LogP contribution < -0.4 is 14.8 Å². The summed E-state index contributed by atoms with van der Waals surface area (Å²) in [5.41, 5.74) is 0.559. The number of anilines is 1. The van der Waals surface area contributed by atoms with Gasteiger partial charge in [-0.25, -0.2) is 8.42 Å². The van der Waals surface area contributed by atoms with E-state index in [9.17, 15) is 13.7 Å². The van der Waals surface area contributed by atoms with E-state index in [4.69, 9.17) is 9.47 Å². The van der Waals surface area contributed by atoms with Crippen molar-refractivity contribution in [1.29, 1.82) is 5.26 Å². The smallest absolute Gasteiger partial charge is 0.218 e. The van der Waals surface area contributed by atoms with Crippen LogP contribution in [0.3, 0.4) is 0 Å². The van der Waals surface area contributed by atoms with Gasteiger partial charge in [-0.3, -0.25) is 0 Å². The van der Waals surface area contributed by atoms with Gasteiger partial charge in [0.15, 0.2) is 16.4 Å². The summed E-state index contributed by atoms with van der Waals surface area (Å²) in [6.07, 6.45) is 1.16. The van der Waals surface area contributed by atoms with E-state index in [0.29, 0.717) is 17.2 Å². The molecule has 2 rings (SSSR count). The second-order valence-electron chi connectivity index (χ2n) is 4.65. The molecule has 0 spiro atoms. The summed E-state index contributed by atoms with van der Waals surface area (Å²) in [5, 5.41) is 12.0. The molecule has 0 heterocycles. The van der Waals surface area contributed by atoms with Crippen molar-refractivity contribution in [2.24, 2.45) is 0 Å². The minimum absolute atomic E-state index is 0.0620. The van der Waals surface area contributed by atoms with Crippen LogP contribution in [-0.2, 0) is 9.84 Å². The molecule has 0 radical (unpaired) electrons. The topological polar surface area (TPSA) is 88.4 Å². The Morgan fingerprint density at radius 3 is 2.33 bits per heavy atom. The number of rotatable bonds is 6. The molecule has 0 aliphatic carbocycles. The van der Waals surface area contributed by atoms with E-state index >= 15 is 0 Å². The third-order valence-corrected chi connectivity index (χ3v) is 4.89. The Bertz CT molecular complexity index is 885. The highest BCUT2D eigenvalue weighted by Crippen LogP contribution is 2.30. The largest absolute Gasteiger partial charge is 0.493 e. The zero-order valence-electron chi connectivity index (χ0n) is 13.2. The highest BCUT2D eigenvalue weighted by atomic mass is 32.2. The van der Waals surface area contributed by atoms with E-state index in [2.05, 4.69) is 5.32 Å². The average Bonchev–Trinajstić information content (AvgIpc) is 2.62. The summed E-state index contributed by atoms with van der Waals surface area (Å²) in [6, 6.07) is 14.5. The minimum Gasteiger partial charge on any atom is -0.493 e. The number of hydrogen-bond donors (Lipinski definition) is 1. The maximum atomic E-state index is 12.4. The van der Waals surface area contributed by atoms with Gasteiger partial charge in [0.2, 0.25) is 9.84 Å². The molecule has 6 nitrogen and oxygen atoms in total. The predicted molar refractivity (Wildman–Crippen MR) is 90.5 cm³/mol. The number of sulfone groups is 1. The molecule has 0 bridgehead atoms. The van der Waals surface area contributed by atoms with Gasteiger partial charge < -0.3 is 14.8 Å². The molecule has 0 unspecified atom stereocenters. The lowest BCUT2D eigenvalue weighted by atomic mass is 10.3. The van der Waals surface area contributed by atoms with Gasteiger partial charge >= 0.3 is 0 Å². The van der Waals surface area contributed by atoms with Gasteiger partial charge in [-0.2, -0.15) is 5.26 Å². The first-order valence-corrected chi connectivity index (χ1v) is 8.40. The summed E-state index contributed by atoms with van der Waals surface area (Å²) in [5.74, 6) is 1.03. The van der Waals surface area contributed by atoms with Gasteiger partial charge in [-0.15, -0.1) is 0 Å². The lowest BCUT2D eigenvalue weighted by molar-refractivity contribution is 0.355. The summed E-state index contributed by atoms with van der Waals surface area (Å²) >= 11 is 0. The van der Waals surface area contributed by atoms with Crippen molar-refractivity contribution in [3.8, 4) is 17.6 Å². The Morgan fingerprint density at radius 2 is 1.75 bits per heavy atom. The maximum absolute atomic E-state index is 12.4. The molecule has 0 atom stereocenters. The third kappa shape index (κ3) is 3.67. The fraction of sp³-hybridized carbons (Fsp3) is 0.118. The Balaban J connectivity index is 2.31. The van der Waals surface area contributed by atoms with Crippen molar-refractivity contribution in [3.05, 3.63) is 59.6 Å². The van der Waals surface area contributed by atoms with Crippen molar-refractivity contribution in [2.45, 2.75) is 4.90 Å². The maximum Gasteiger partial charge on any atom is 0.218 e. The van der Waals surface area contributed by atoms with E-state index in [0.717, 1.165) is 6.20 Å². The third-order valence-electron chi connectivity index (χ3n) is 3.21. The molecule has 124 valence electrons. The number of nitrogens with one attached hydrogen (secondary N) is 1. The molecule has 2 aromatic carbocycles. The van der Waals surface area contributed by atoms with Crippen LogP contribution in [0.15, 0.2) is 64.5 Å². The Kier molecular flexibility index (Phi) is 5.45. The molecular formula is C17H16N2O4S. The molecule has 0 saturated carbocycles. The Hall–Kier alpha value is -2.98. The molecule has 0 saturated heterocycles. The summed E-state index contributed by atoms with van der Waals surface area (Å²) < 4.78 is 35.2. The fourth-order valence-corrected chi connectivity index (χ4v) is 3.08. The SMILES string of the molecule is COc1ccc(N/C=C(\C#N)S(=O)(=O)c2ccccc2)cc1OC. The molecule has 1 N–H and O–H groups in total. The predicted octanol–water partition coefficient (Wildman–Crippen LogP) is 2.95. The number of nitriles is 1. The van der Waals surface area contributed by atoms with Crippen LogP contribution in [0.2, 0.25) is 0 Å². The van der Waals surface area contributed by atoms with Crippen LogP contribution in [-0.4, -0.2) is 22.6 Å². The minimum atomic E-state index is -3.87. The molecular weight excluding hydrogens is 328 g/mol. The first-order valence-electron chi connectivity index (χ1n) is 6.92. The second-order valence-corrected chi connectivity index (χ2v) is 6.57. The lowest BCUT2D eigenvalue weighted by Gasteiger charge is -2.09. The highest BCUT2D eigenvalue weighted by molar-refractivity contribution is 7.95. The Labute approximate surface area is 140 Å². The van der Waals surface area contributed by atoms with Crippen LogP contribution in [0.4, 0.5) is 5.69 Å². The van der Waals surface area contributed by atoms with E-state index < -0.39 is 9.84 Å². The highest BCUT2D eigenvalue weighted by Gasteiger charge is 2.20. The number of hydrogen-bond acceptors (Lipinski definition) is 6. The fourth-order valence-electron chi connectivity index (χ4n) is 1.97. The van der Waals surface area contributed by atoms with Crippen molar-refractivity contribution in [1.82, 2.24) is 0 Å². The first kappa shape index (κ1) is 17.4. The molecule has 7 heteroatoms. The number of allylic oxidation sites excluding steroid dienone is 1. The second kappa shape index (κ2) is 7.53. The monoisotopic (exact) mass is 344 g/mol. The standard InChI is InChI=1S/C17H16N2O4S/c1-22-16-9-8-13(10-17(16)23-2)19-12-15(11-18)24(20,21)14-6-4-3-5-7-14/h3-10,12,19H,1-2H3/b15-12+. The molecule has 0 aliphatic rings. The van der Waals surface area contributed by atoms with E-state index in [-0.39, 0.29) is 9.80 Å². The zero-order chi connectivity index (χ0) is 17.6. The van der Waals surface area contributed by atoms with Crippen molar-refractivity contribution in [2.75, 3.05) is 19.5 Å². The number of benzene rings is 2.